The number of carbonyl (C=O) groups is 1. The first kappa shape index (κ1) is 14.5. The highest BCUT2D eigenvalue weighted by Gasteiger charge is 2.13. The van der Waals surface area contributed by atoms with Crippen molar-refractivity contribution in [2.24, 2.45) is 5.84 Å². The average Bonchev–Trinajstić information content (AvgIpc) is 2.54. The van der Waals surface area contributed by atoms with Crippen molar-refractivity contribution >= 4 is 11.7 Å². The highest BCUT2D eigenvalue weighted by Crippen LogP contribution is 2.12. The highest BCUT2D eigenvalue weighted by atomic mass is 16.2. The van der Waals surface area contributed by atoms with E-state index in [0.717, 1.165) is 5.56 Å². The van der Waals surface area contributed by atoms with Gasteiger partial charge in [0.25, 0.3) is 5.91 Å². The second kappa shape index (κ2) is 6.50. The third kappa shape index (κ3) is 3.55. The Balaban J connectivity index is 2.13. The summed E-state index contributed by atoms with van der Waals surface area (Å²) in [4.78, 5) is 17.9. The molecule has 0 atom stereocenters. The van der Waals surface area contributed by atoms with E-state index in [1.54, 1.807) is 42.3 Å². The summed E-state index contributed by atoms with van der Waals surface area (Å²) in [6.07, 6.45) is 1.52. The van der Waals surface area contributed by atoms with Crippen LogP contribution in [-0.4, -0.2) is 22.8 Å². The summed E-state index contributed by atoms with van der Waals surface area (Å²) >= 11 is 0. The van der Waals surface area contributed by atoms with Gasteiger partial charge in [0, 0.05) is 25.4 Å². The molecule has 1 heterocycles. The van der Waals surface area contributed by atoms with Crippen LogP contribution in [0, 0.1) is 11.3 Å². The van der Waals surface area contributed by atoms with Crippen LogP contribution in [0.15, 0.2) is 42.6 Å². The van der Waals surface area contributed by atoms with Gasteiger partial charge in [-0.15, -0.1) is 0 Å². The minimum absolute atomic E-state index is 0.142. The van der Waals surface area contributed by atoms with Crippen molar-refractivity contribution in [2.75, 3.05) is 12.5 Å². The van der Waals surface area contributed by atoms with E-state index < -0.39 is 0 Å². The molecule has 106 valence electrons. The molecule has 0 unspecified atom stereocenters. The molecule has 3 N–H and O–H groups in total. The Labute approximate surface area is 122 Å². The number of amides is 1. The predicted octanol–water partition coefficient (Wildman–Crippen LogP) is 1.51. The predicted molar refractivity (Wildman–Crippen MR) is 79.0 cm³/mol. The molecule has 0 saturated heterocycles. The van der Waals surface area contributed by atoms with Crippen LogP contribution < -0.4 is 11.3 Å². The van der Waals surface area contributed by atoms with Gasteiger partial charge in [-0.2, -0.15) is 5.26 Å². The zero-order chi connectivity index (χ0) is 15.2. The van der Waals surface area contributed by atoms with Gasteiger partial charge in [-0.25, -0.2) is 10.8 Å². The van der Waals surface area contributed by atoms with Crippen molar-refractivity contribution in [2.45, 2.75) is 6.54 Å². The average molecular weight is 281 g/mol. The fourth-order valence-electron chi connectivity index (χ4n) is 1.95. The lowest BCUT2D eigenvalue weighted by molar-refractivity contribution is 0.0785. The smallest absolute Gasteiger partial charge is 0.254 e. The van der Waals surface area contributed by atoms with Crippen molar-refractivity contribution in [3.8, 4) is 6.07 Å². The summed E-state index contributed by atoms with van der Waals surface area (Å²) in [5.41, 5.74) is 4.38. The molecule has 0 aliphatic carbocycles. The number of benzene rings is 1. The molecule has 0 aliphatic heterocycles. The quantitative estimate of drug-likeness (QED) is 0.654. The molecule has 1 aromatic carbocycles. The fraction of sp³-hybridized carbons (Fsp3) is 0.133. The number of rotatable bonds is 4. The Kier molecular flexibility index (Phi) is 4.49. The van der Waals surface area contributed by atoms with Crippen LogP contribution in [0.4, 0.5) is 5.82 Å². The number of nitriles is 1. The molecule has 0 saturated carbocycles. The molecule has 2 aromatic rings. The first-order chi connectivity index (χ1) is 10.1. The Morgan fingerprint density at radius 2 is 2.24 bits per heavy atom. The molecular weight excluding hydrogens is 266 g/mol. The first-order valence-corrected chi connectivity index (χ1v) is 6.31. The molecule has 0 spiro atoms. The highest BCUT2D eigenvalue weighted by molar-refractivity contribution is 5.94. The number of aromatic nitrogens is 1. The molecule has 1 aromatic heterocycles. The molecule has 1 amide bonds. The van der Waals surface area contributed by atoms with Gasteiger partial charge < -0.3 is 10.3 Å². The number of anilines is 1. The van der Waals surface area contributed by atoms with Gasteiger partial charge in [-0.05, 0) is 29.8 Å². The van der Waals surface area contributed by atoms with Crippen molar-refractivity contribution in [1.29, 1.82) is 5.26 Å². The van der Waals surface area contributed by atoms with E-state index >= 15 is 0 Å². The number of pyridine rings is 1. The molecule has 6 nitrogen and oxygen atoms in total. The van der Waals surface area contributed by atoms with Crippen molar-refractivity contribution in [3.05, 3.63) is 59.3 Å². The third-order valence-electron chi connectivity index (χ3n) is 2.98. The maximum Gasteiger partial charge on any atom is 0.254 e. The van der Waals surface area contributed by atoms with Gasteiger partial charge >= 0.3 is 0 Å². The summed E-state index contributed by atoms with van der Waals surface area (Å²) < 4.78 is 0. The fourth-order valence-corrected chi connectivity index (χ4v) is 1.95. The summed E-state index contributed by atoms with van der Waals surface area (Å²) in [6.45, 7) is 0.419. The van der Waals surface area contributed by atoms with Gasteiger partial charge in [0.15, 0.2) is 0 Å². The molecule has 6 heteroatoms. The lowest BCUT2D eigenvalue weighted by Gasteiger charge is -2.17. The van der Waals surface area contributed by atoms with Crippen LogP contribution in [0.2, 0.25) is 0 Å². The molecule has 0 radical (unpaired) electrons. The molecule has 0 bridgehead atoms. The summed E-state index contributed by atoms with van der Waals surface area (Å²) in [7, 11) is 1.71. The van der Waals surface area contributed by atoms with Crippen LogP contribution in [0.25, 0.3) is 0 Å². The molecule has 2 rings (SSSR count). The van der Waals surface area contributed by atoms with Crippen molar-refractivity contribution < 1.29 is 4.79 Å². The first-order valence-electron chi connectivity index (χ1n) is 6.31. The second-order valence-electron chi connectivity index (χ2n) is 4.55. The van der Waals surface area contributed by atoms with E-state index in [2.05, 4.69) is 16.5 Å². The minimum atomic E-state index is -0.142. The maximum absolute atomic E-state index is 12.3. The van der Waals surface area contributed by atoms with E-state index in [0.29, 0.717) is 23.5 Å². The van der Waals surface area contributed by atoms with E-state index in [9.17, 15) is 4.79 Å². The molecule has 21 heavy (non-hydrogen) atoms. The summed E-state index contributed by atoms with van der Waals surface area (Å²) in [5, 5.41) is 8.88. The standard InChI is InChI=1S/C15H15N5O/c1-20(10-12-4-2-3-11(7-12)9-16)15(21)13-5-6-18-14(8-13)19-17/h2-8H,10,17H2,1H3,(H,18,19). The van der Waals surface area contributed by atoms with E-state index in [1.165, 1.54) is 6.20 Å². The molecular formula is C15H15N5O. The number of hydrazine groups is 1. The molecule has 0 aliphatic rings. The topological polar surface area (TPSA) is 95.0 Å². The van der Waals surface area contributed by atoms with E-state index in [-0.39, 0.29) is 5.91 Å². The number of hydrogen-bond acceptors (Lipinski definition) is 5. The van der Waals surface area contributed by atoms with Crippen LogP contribution in [0.3, 0.4) is 0 Å². The third-order valence-corrected chi connectivity index (χ3v) is 2.98. The van der Waals surface area contributed by atoms with Crippen LogP contribution in [0.1, 0.15) is 21.5 Å². The molecule has 0 fully saturated rings. The van der Waals surface area contributed by atoms with Crippen LogP contribution >= 0.6 is 0 Å². The monoisotopic (exact) mass is 281 g/mol. The lowest BCUT2D eigenvalue weighted by atomic mass is 10.1. The Morgan fingerprint density at radius 1 is 1.43 bits per heavy atom. The van der Waals surface area contributed by atoms with Crippen molar-refractivity contribution in [3.63, 3.8) is 0 Å². The van der Waals surface area contributed by atoms with Crippen LogP contribution in [0.5, 0.6) is 0 Å². The number of nitrogens with one attached hydrogen (secondary N) is 1. The summed E-state index contributed by atoms with van der Waals surface area (Å²) in [5.74, 6) is 5.57. The Hall–Kier alpha value is -2.91. The van der Waals surface area contributed by atoms with Gasteiger partial charge in [-0.1, -0.05) is 12.1 Å². The zero-order valence-electron chi connectivity index (χ0n) is 11.6. The zero-order valence-corrected chi connectivity index (χ0v) is 11.6. The number of nitrogens with two attached hydrogens (primary N) is 1. The Bertz CT molecular complexity index is 692. The van der Waals surface area contributed by atoms with Crippen LogP contribution in [-0.2, 0) is 6.54 Å². The van der Waals surface area contributed by atoms with Gasteiger partial charge in [-0.3, -0.25) is 4.79 Å². The SMILES string of the molecule is CN(Cc1cccc(C#N)c1)C(=O)c1ccnc(NN)c1. The largest absolute Gasteiger partial charge is 0.337 e. The Morgan fingerprint density at radius 3 is 2.95 bits per heavy atom. The minimum Gasteiger partial charge on any atom is -0.337 e. The summed E-state index contributed by atoms with van der Waals surface area (Å²) in [6, 6.07) is 12.5. The number of nitrogen functional groups attached to an aromatic ring is 1. The van der Waals surface area contributed by atoms with E-state index in [1.807, 2.05) is 6.07 Å². The van der Waals surface area contributed by atoms with Crippen molar-refractivity contribution in [1.82, 2.24) is 9.88 Å². The van der Waals surface area contributed by atoms with Gasteiger partial charge in [0.05, 0.1) is 11.6 Å². The lowest BCUT2D eigenvalue weighted by Crippen LogP contribution is -2.26. The normalized spacial score (nSPS) is 9.76. The van der Waals surface area contributed by atoms with Gasteiger partial charge in [0.1, 0.15) is 5.82 Å². The number of nitrogens with zero attached hydrogens (tertiary/aromatic N) is 3. The number of carbonyl (C=O) groups excluding carboxylic acids is 1. The number of hydrogen-bond donors (Lipinski definition) is 2. The van der Waals surface area contributed by atoms with E-state index in [4.69, 9.17) is 11.1 Å². The maximum atomic E-state index is 12.3. The second-order valence-corrected chi connectivity index (χ2v) is 4.55. The van der Waals surface area contributed by atoms with Gasteiger partial charge in [0.2, 0.25) is 0 Å².